The summed E-state index contributed by atoms with van der Waals surface area (Å²) >= 11 is 0. The maximum atomic E-state index is 13.3. The fraction of sp³-hybridized carbons (Fsp3) is 0.591. The summed E-state index contributed by atoms with van der Waals surface area (Å²) in [5.74, 6) is -1.85. The maximum Gasteiger partial charge on any atom is 0.248 e. The van der Waals surface area contributed by atoms with Crippen molar-refractivity contribution in [3.05, 3.63) is 29.8 Å². The molecule has 1 aromatic carbocycles. The Balaban J connectivity index is 2.83. The lowest BCUT2D eigenvalue weighted by Gasteiger charge is -2.40. The molecule has 0 aliphatic rings. The van der Waals surface area contributed by atoms with Gasteiger partial charge in [-0.3, -0.25) is 19.6 Å². The summed E-state index contributed by atoms with van der Waals surface area (Å²) in [6.07, 6.45) is 1.34. The van der Waals surface area contributed by atoms with Crippen molar-refractivity contribution in [2.24, 2.45) is 17.1 Å². The molecule has 30 heavy (non-hydrogen) atoms. The molecular weight excluding hydrogens is 386 g/mol. The monoisotopic (exact) mass is 421 g/mol. The van der Waals surface area contributed by atoms with E-state index in [4.69, 9.17) is 15.7 Å². The number of amides is 2. The highest BCUT2D eigenvalue weighted by molar-refractivity contribution is 6.12. The van der Waals surface area contributed by atoms with E-state index >= 15 is 0 Å². The van der Waals surface area contributed by atoms with Gasteiger partial charge in [-0.2, -0.15) is 0 Å². The first-order valence-corrected chi connectivity index (χ1v) is 10.1. The molecule has 0 radical (unpaired) electrons. The topological polar surface area (TPSA) is 131 Å². The van der Waals surface area contributed by atoms with E-state index in [-0.39, 0.29) is 6.42 Å². The second-order valence-electron chi connectivity index (χ2n) is 8.60. The summed E-state index contributed by atoms with van der Waals surface area (Å²) in [5, 5.41) is 11.4. The molecule has 1 rings (SSSR count). The van der Waals surface area contributed by atoms with Gasteiger partial charge in [0.25, 0.3) is 0 Å². The van der Waals surface area contributed by atoms with Gasteiger partial charge in [0.1, 0.15) is 5.75 Å². The van der Waals surface area contributed by atoms with Crippen molar-refractivity contribution in [3.8, 4) is 5.75 Å². The highest BCUT2D eigenvalue weighted by Gasteiger charge is 2.52. The van der Waals surface area contributed by atoms with Crippen molar-refractivity contribution < 1.29 is 24.3 Å². The van der Waals surface area contributed by atoms with Crippen LogP contribution in [0, 0.1) is 18.3 Å². The number of ether oxygens (including phenoxy) is 1. The molecule has 2 amide bonds. The molecule has 2 unspecified atom stereocenters. The quantitative estimate of drug-likeness (QED) is 0.187. The lowest BCUT2D eigenvalue weighted by molar-refractivity contribution is -0.145. The maximum absolute atomic E-state index is 13.3. The minimum atomic E-state index is -1.81. The van der Waals surface area contributed by atoms with Crippen LogP contribution in [0.3, 0.4) is 0 Å². The number of benzene rings is 1. The SMILES string of the molecule is CNC(=O)C(N)(C(=O)C(CCCCOc1cccc(C)c1)CC(=O)NO)C(C)(C)C. The number of rotatable bonds is 11. The number of likely N-dealkylation sites (N-methyl/N-ethyl adjacent to an activating group) is 1. The van der Waals surface area contributed by atoms with Gasteiger partial charge >= 0.3 is 0 Å². The number of carbonyl (C=O) groups excluding carboxylic acids is 3. The molecule has 0 saturated heterocycles. The zero-order valence-electron chi connectivity index (χ0n) is 18.6. The van der Waals surface area contributed by atoms with Crippen LogP contribution in [0.4, 0.5) is 0 Å². The molecule has 8 nitrogen and oxygen atoms in total. The van der Waals surface area contributed by atoms with Crippen molar-refractivity contribution in [1.29, 1.82) is 0 Å². The largest absolute Gasteiger partial charge is 0.494 e. The first-order valence-electron chi connectivity index (χ1n) is 10.1. The Morgan fingerprint density at radius 3 is 2.40 bits per heavy atom. The molecule has 2 atom stereocenters. The number of carbonyl (C=O) groups is 3. The van der Waals surface area contributed by atoms with E-state index in [0.29, 0.717) is 25.9 Å². The first kappa shape index (κ1) is 25.6. The summed E-state index contributed by atoms with van der Waals surface area (Å²) in [7, 11) is 1.42. The number of Topliss-reactive ketones (excluding diaryl/α,β-unsaturated/α-hetero) is 1. The van der Waals surface area contributed by atoms with Gasteiger partial charge in [0.05, 0.1) is 6.61 Å². The third-order valence-corrected chi connectivity index (χ3v) is 5.29. The number of hydrogen-bond acceptors (Lipinski definition) is 6. The summed E-state index contributed by atoms with van der Waals surface area (Å²) in [6, 6.07) is 7.71. The van der Waals surface area contributed by atoms with E-state index in [1.807, 2.05) is 31.2 Å². The van der Waals surface area contributed by atoms with Crippen LogP contribution in [-0.2, 0) is 14.4 Å². The van der Waals surface area contributed by atoms with Crippen molar-refractivity contribution in [1.82, 2.24) is 10.8 Å². The minimum Gasteiger partial charge on any atom is -0.494 e. The molecule has 0 spiro atoms. The van der Waals surface area contributed by atoms with Gasteiger partial charge in [-0.15, -0.1) is 0 Å². The van der Waals surface area contributed by atoms with E-state index in [1.165, 1.54) is 7.05 Å². The van der Waals surface area contributed by atoms with E-state index < -0.39 is 34.5 Å². The fourth-order valence-corrected chi connectivity index (χ4v) is 3.32. The van der Waals surface area contributed by atoms with Gasteiger partial charge in [-0.05, 0) is 49.3 Å². The number of unbranched alkanes of at least 4 members (excludes halogenated alkanes) is 1. The Morgan fingerprint density at radius 1 is 1.20 bits per heavy atom. The van der Waals surface area contributed by atoms with Gasteiger partial charge in [-0.25, -0.2) is 5.48 Å². The van der Waals surface area contributed by atoms with E-state index in [0.717, 1.165) is 11.3 Å². The van der Waals surface area contributed by atoms with Crippen LogP contribution in [0.2, 0.25) is 0 Å². The Labute approximate surface area is 178 Å². The molecule has 0 bridgehead atoms. The average molecular weight is 422 g/mol. The molecule has 8 heteroatoms. The third kappa shape index (κ3) is 6.53. The number of aryl methyl sites for hydroxylation is 1. The molecule has 5 N–H and O–H groups in total. The van der Waals surface area contributed by atoms with Crippen molar-refractivity contribution in [2.45, 2.75) is 58.9 Å². The summed E-state index contributed by atoms with van der Waals surface area (Å²) in [4.78, 5) is 37.6. The lowest BCUT2D eigenvalue weighted by Crippen LogP contribution is -2.68. The third-order valence-electron chi connectivity index (χ3n) is 5.29. The van der Waals surface area contributed by atoms with Crippen LogP contribution >= 0.6 is 0 Å². The van der Waals surface area contributed by atoms with E-state index in [2.05, 4.69) is 5.32 Å². The lowest BCUT2D eigenvalue weighted by atomic mass is 9.67. The molecule has 0 fully saturated rings. The average Bonchev–Trinajstić information content (AvgIpc) is 2.69. The number of hydroxylamine groups is 1. The molecule has 168 valence electrons. The predicted octanol–water partition coefficient (Wildman–Crippen LogP) is 2.11. The van der Waals surface area contributed by atoms with Gasteiger partial charge in [-0.1, -0.05) is 32.9 Å². The zero-order valence-corrected chi connectivity index (χ0v) is 18.6. The van der Waals surface area contributed by atoms with Crippen LogP contribution in [0.15, 0.2) is 24.3 Å². The zero-order chi connectivity index (χ0) is 22.9. The smallest absolute Gasteiger partial charge is 0.248 e. The van der Waals surface area contributed by atoms with Gasteiger partial charge in [0.15, 0.2) is 11.3 Å². The van der Waals surface area contributed by atoms with Gasteiger partial charge in [0.2, 0.25) is 11.8 Å². The number of hydrogen-bond donors (Lipinski definition) is 4. The molecule has 0 heterocycles. The molecule has 0 aliphatic heterocycles. The molecule has 0 saturated carbocycles. The van der Waals surface area contributed by atoms with Gasteiger partial charge < -0.3 is 15.8 Å². The second-order valence-corrected chi connectivity index (χ2v) is 8.60. The number of ketones is 1. The summed E-state index contributed by atoms with van der Waals surface area (Å²) in [5.41, 5.74) is 6.31. The van der Waals surface area contributed by atoms with Crippen LogP contribution in [0.5, 0.6) is 5.75 Å². The van der Waals surface area contributed by atoms with Crippen LogP contribution in [0.1, 0.15) is 52.0 Å². The molecule has 0 aliphatic carbocycles. The van der Waals surface area contributed by atoms with Crippen molar-refractivity contribution >= 4 is 17.6 Å². The standard InChI is InChI=1S/C22H35N3O5/c1-15-9-8-11-17(13-15)30-12-7-6-10-16(14-18(26)25-29)19(27)22(23,20(28)24-5)21(2,3)4/h8-9,11,13,16,29H,6-7,10,12,14,23H2,1-5H3,(H,24,28)(H,25,26). The molecule has 1 aromatic rings. The summed E-state index contributed by atoms with van der Waals surface area (Å²) in [6.45, 7) is 7.56. The predicted molar refractivity (Wildman–Crippen MR) is 114 cm³/mol. The minimum absolute atomic E-state index is 0.250. The first-order chi connectivity index (χ1) is 14.0. The van der Waals surface area contributed by atoms with Crippen LogP contribution in [0.25, 0.3) is 0 Å². The summed E-state index contributed by atoms with van der Waals surface area (Å²) < 4.78 is 5.72. The molecule has 0 aromatic heterocycles. The number of nitrogens with two attached hydrogens (primary N) is 1. The number of nitrogens with one attached hydrogen (secondary N) is 2. The van der Waals surface area contributed by atoms with E-state index in [9.17, 15) is 14.4 Å². The Hall–Kier alpha value is -2.45. The second kappa shape index (κ2) is 11.1. The normalized spacial score (nSPS) is 14.4. The Kier molecular flexibility index (Phi) is 9.45. The fourth-order valence-electron chi connectivity index (χ4n) is 3.32. The van der Waals surface area contributed by atoms with Crippen LogP contribution in [-0.4, -0.2) is 42.0 Å². The van der Waals surface area contributed by atoms with Crippen LogP contribution < -0.4 is 21.3 Å². The highest BCUT2D eigenvalue weighted by Crippen LogP contribution is 2.33. The van der Waals surface area contributed by atoms with Crippen molar-refractivity contribution in [3.63, 3.8) is 0 Å². The van der Waals surface area contributed by atoms with Crippen molar-refractivity contribution in [2.75, 3.05) is 13.7 Å². The van der Waals surface area contributed by atoms with E-state index in [1.54, 1.807) is 26.3 Å². The van der Waals surface area contributed by atoms with Gasteiger partial charge in [0, 0.05) is 19.4 Å². The Morgan fingerprint density at radius 2 is 1.87 bits per heavy atom. The molecular formula is C22H35N3O5. The highest BCUT2D eigenvalue weighted by atomic mass is 16.5. The Bertz CT molecular complexity index is 745.